The van der Waals surface area contributed by atoms with Crippen LogP contribution in [-0.4, -0.2) is 6.54 Å². The Morgan fingerprint density at radius 2 is 2.18 bits per heavy atom. The summed E-state index contributed by atoms with van der Waals surface area (Å²) in [7, 11) is 0. The Labute approximate surface area is 112 Å². The monoisotopic (exact) mass is 299 g/mol. The fraction of sp³-hybridized carbons (Fsp3) is 0.714. The van der Waals surface area contributed by atoms with E-state index in [9.17, 15) is 0 Å². The van der Waals surface area contributed by atoms with Crippen molar-refractivity contribution in [1.29, 1.82) is 0 Å². The van der Waals surface area contributed by atoms with Crippen molar-refractivity contribution in [3.63, 3.8) is 0 Å². The Morgan fingerprint density at radius 1 is 1.41 bits per heavy atom. The Bertz CT molecular complexity index is 350. The zero-order valence-corrected chi connectivity index (χ0v) is 12.3. The highest BCUT2D eigenvalue weighted by Crippen LogP contribution is 2.29. The minimum atomic E-state index is 0.301. The maximum Gasteiger partial charge on any atom is 0.169 e. The van der Waals surface area contributed by atoms with Crippen molar-refractivity contribution in [3.8, 4) is 0 Å². The van der Waals surface area contributed by atoms with Crippen molar-refractivity contribution >= 4 is 15.9 Å². The molecule has 2 nitrogen and oxygen atoms in total. The van der Waals surface area contributed by atoms with Gasteiger partial charge >= 0.3 is 0 Å². The van der Waals surface area contributed by atoms with Gasteiger partial charge in [-0.2, -0.15) is 0 Å². The van der Waals surface area contributed by atoms with Crippen LogP contribution in [0.2, 0.25) is 0 Å². The molecule has 0 amide bonds. The van der Waals surface area contributed by atoms with Gasteiger partial charge < -0.3 is 9.73 Å². The predicted octanol–water partition coefficient (Wildman–Crippen LogP) is 4.52. The second-order valence-corrected chi connectivity index (χ2v) is 6.08. The number of hydrogen-bond donors (Lipinski definition) is 1. The number of nitrogens with one attached hydrogen (secondary N) is 1. The van der Waals surface area contributed by atoms with Gasteiger partial charge in [-0.15, -0.1) is 0 Å². The predicted molar refractivity (Wildman–Crippen MR) is 73.9 cm³/mol. The van der Waals surface area contributed by atoms with E-state index in [4.69, 9.17) is 4.42 Å². The molecule has 0 bridgehead atoms. The average molecular weight is 300 g/mol. The van der Waals surface area contributed by atoms with Gasteiger partial charge in [-0.25, -0.2) is 0 Å². The number of hydrogen-bond acceptors (Lipinski definition) is 2. The first-order valence-corrected chi connectivity index (χ1v) is 7.44. The van der Waals surface area contributed by atoms with Gasteiger partial charge in [-0.1, -0.05) is 26.2 Å². The molecule has 1 N–H and O–H groups in total. The molecule has 1 fully saturated rings. The molecule has 3 heteroatoms. The lowest BCUT2D eigenvalue weighted by molar-refractivity contribution is 0.238. The summed E-state index contributed by atoms with van der Waals surface area (Å²) in [4.78, 5) is 0. The Balaban J connectivity index is 1.81. The third-order valence-corrected chi connectivity index (χ3v) is 4.42. The average Bonchev–Trinajstić information content (AvgIpc) is 2.74. The van der Waals surface area contributed by atoms with E-state index < -0.39 is 0 Å². The van der Waals surface area contributed by atoms with E-state index in [0.717, 1.165) is 28.8 Å². The second kappa shape index (κ2) is 6.05. The van der Waals surface area contributed by atoms with Crippen molar-refractivity contribution in [2.75, 3.05) is 6.54 Å². The summed E-state index contributed by atoms with van der Waals surface area (Å²) in [6.45, 7) is 5.67. The molecular formula is C14H22BrNO. The lowest BCUT2D eigenvalue weighted by Gasteiger charge is -2.29. The highest BCUT2D eigenvalue weighted by atomic mass is 79.9. The summed E-state index contributed by atoms with van der Waals surface area (Å²) >= 11 is 3.34. The van der Waals surface area contributed by atoms with E-state index in [2.05, 4.69) is 35.1 Å². The van der Waals surface area contributed by atoms with Crippen LogP contribution < -0.4 is 5.32 Å². The molecule has 3 unspecified atom stereocenters. The Hall–Kier alpha value is -0.280. The Kier molecular flexibility index (Phi) is 4.69. The van der Waals surface area contributed by atoms with Crippen LogP contribution in [0.3, 0.4) is 0 Å². The van der Waals surface area contributed by atoms with Crippen LogP contribution in [0, 0.1) is 11.8 Å². The minimum Gasteiger partial charge on any atom is -0.453 e. The summed E-state index contributed by atoms with van der Waals surface area (Å²) < 4.78 is 6.38. The molecule has 0 aliphatic heterocycles. The maximum atomic E-state index is 5.57. The molecule has 0 radical (unpaired) electrons. The SMILES string of the molecule is CC(NCC1CCCCC1C)c1ccc(Br)o1. The molecule has 3 atom stereocenters. The standard InChI is InChI=1S/C14H22BrNO/c1-10-5-3-4-6-12(10)9-16-11(2)13-7-8-14(15)17-13/h7-8,10-12,16H,3-6,9H2,1-2H3. The molecule has 1 saturated carbocycles. The lowest BCUT2D eigenvalue weighted by atomic mass is 9.80. The number of rotatable bonds is 4. The van der Waals surface area contributed by atoms with Gasteiger partial charge in [-0.3, -0.25) is 0 Å². The quantitative estimate of drug-likeness (QED) is 0.884. The van der Waals surface area contributed by atoms with E-state index in [1.54, 1.807) is 0 Å². The summed E-state index contributed by atoms with van der Waals surface area (Å²) in [5, 5.41) is 3.60. The van der Waals surface area contributed by atoms with Crippen molar-refractivity contribution < 1.29 is 4.42 Å². The van der Waals surface area contributed by atoms with Gasteiger partial charge in [-0.05, 0) is 59.8 Å². The number of furan rings is 1. The largest absolute Gasteiger partial charge is 0.453 e. The zero-order chi connectivity index (χ0) is 12.3. The first kappa shape index (κ1) is 13.2. The topological polar surface area (TPSA) is 25.2 Å². The smallest absolute Gasteiger partial charge is 0.169 e. The van der Waals surface area contributed by atoms with Crippen LogP contribution in [0.4, 0.5) is 0 Å². The van der Waals surface area contributed by atoms with Crippen molar-refractivity contribution in [1.82, 2.24) is 5.32 Å². The minimum absolute atomic E-state index is 0.301. The molecule has 0 saturated heterocycles. The molecule has 1 aromatic rings. The van der Waals surface area contributed by atoms with Crippen molar-refractivity contribution in [2.24, 2.45) is 11.8 Å². The van der Waals surface area contributed by atoms with Crippen LogP contribution in [-0.2, 0) is 0 Å². The van der Waals surface area contributed by atoms with Crippen LogP contribution in [0.15, 0.2) is 21.2 Å². The van der Waals surface area contributed by atoms with Crippen LogP contribution in [0.5, 0.6) is 0 Å². The van der Waals surface area contributed by atoms with E-state index in [1.807, 2.05) is 12.1 Å². The maximum absolute atomic E-state index is 5.57. The fourth-order valence-corrected chi connectivity index (χ4v) is 3.01. The zero-order valence-electron chi connectivity index (χ0n) is 10.7. The van der Waals surface area contributed by atoms with E-state index in [0.29, 0.717) is 6.04 Å². The molecule has 17 heavy (non-hydrogen) atoms. The normalized spacial score (nSPS) is 27.0. The summed E-state index contributed by atoms with van der Waals surface area (Å²) in [5.41, 5.74) is 0. The van der Waals surface area contributed by atoms with Crippen LogP contribution in [0.1, 0.15) is 51.3 Å². The van der Waals surface area contributed by atoms with Crippen LogP contribution in [0.25, 0.3) is 0 Å². The van der Waals surface area contributed by atoms with Crippen molar-refractivity contribution in [2.45, 2.75) is 45.6 Å². The van der Waals surface area contributed by atoms with E-state index >= 15 is 0 Å². The first-order chi connectivity index (χ1) is 8.16. The van der Waals surface area contributed by atoms with Gasteiger partial charge in [0.25, 0.3) is 0 Å². The van der Waals surface area contributed by atoms with Gasteiger partial charge in [0.15, 0.2) is 4.67 Å². The summed E-state index contributed by atoms with van der Waals surface area (Å²) in [6, 6.07) is 4.29. The first-order valence-electron chi connectivity index (χ1n) is 6.65. The molecule has 0 aromatic carbocycles. The molecule has 96 valence electrons. The molecule has 1 aromatic heterocycles. The van der Waals surface area contributed by atoms with Gasteiger partial charge in [0.1, 0.15) is 5.76 Å². The summed E-state index contributed by atoms with van der Waals surface area (Å²) in [6.07, 6.45) is 5.59. The highest BCUT2D eigenvalue weighted by Gasteiger charge is 2.22. The lowest BCUT2D eigenvalue weighted by Crippen LogP contribution is -2.30. The molecule has 1 aliphatic carbocycles. The molecule has 1 aliphatic rings. The molecule has 1 heterocycles. The molecule has 2 rings (SSSR count). The van der Waals surface area contributed by atoms with E-state index in [-0.39, 0.29) is 0 Å². The van der Waals surface area contributed by atoms with Gasteiger partial charge in [0.05, 0.1) is 6.04 Å². The molecule has 0 spiro atoms. The second-order valence-electron chi connectivity index (χ2n) is 5.29. The van der Waals surface area contributed by atoms with Crippen LogP contribution >= 0.6 is 15.9 Å². The van der Waals surface area contributed by atoms with Gasteiger partial charge in [0.2, 0.25) is 0 Å². The third-order valence-electron chi connectivity index (χ3n) is 4.00. The van der Waals surface area contributed by atoms with E-state index in [1.165, 1.54) is 25.7 Å². The highest BCUT2D eigenvalue weighted by molar-refractivity contribution is 9.10. The number of halogens is 1. The molecular weight excluding hydrogens is 278 g/mol. The summed E-state index contributed by atoms with van der Waals surface area (Å²) in [5.74, 6) is 2.72. The fourth-order valence-electron chi connectivity index (χ4n) is 2.69. The van der Waals surface area contributed by atoms with Gasteiger partial charge in [0, 0.05) is 0 Å². The Morgan fingerprint density at radius 3 is 2.82 bits per heavy atom. The third kappa shape index (κ3) is 3.59. The van der Waals surface area contributed by atoms with Crippen molar-refractivity contribution in [3.05, 3.63) is 22.6 Å².